The standard InChI is InChI=1S/C11H14N4O/c1-8-9(7-14-15-8)6-13-11-10(16-2)4-3-5-12-11/h3-5,7H,6H2,1-2H3,(H,12,13)(H,14,15). The van der Waals surface area contributed by atoms with E-state index in [0.29, 0.717) is 6.54 Å². The molecular weight excluding hydrogens is 204 g/mol. The summed E-state index contributed by atoms with van der Waals surface area (Å²) < 4.78 is 5.20. The van der Waals surface area contributed by atoms with Crippen molar-refractivity contribution in [2.24, 2.45) is 0 Å². The zero-order valence-electron chi connectivity index (χ0n) is 9.32. The van der Waals surface area contributed by atoms with E-state index in [0.717, 1.165) is 22.8 Å². The Morgan fingerprint density at radius 1 is 1.50 bits per heavy atom. The van der Waals surface area contributed by atoms with Gasteiger partial charge in [-0.25, -0.2) is 4.98 Å². The number of hydrogen-bond donors (Lipinski definition) is 2. The lowest BCUT2D eigenvalue weighted by Gasteiger charge is -2.08. The summed E-state index contributed by atoms with van der Waals surface area (Å²) in [4.78, 5) is 4.21. The van der Waals surface area contributed by atoms with Crippen LogP contribution in [-0.2, 0) is 6.54 Å². The van der Waals surface area contributed by atoms with Crippen molar-refractivity contribution in [3.05, 3.63) is 35.8 Å². The van der Waals surface area contributed by atoms with Crippen molar-refractivity contribution in [2.75, 3.05) is 12.4 Å². The van der Waals surface area contributed by atoms with Gasteiger partial charge in [-0.05, 0) is 19.1 Å². The number of hydrogen-bond acceptors (Lipinski definition) is 4. The summed E-state index contributed by atoms with van der Waals surface area (Å²) in [6.07, 6.45) is 3.53. The molecule has 0 atom stereocenters. The number of aromatic amines is 1. The summed E-state index contributed by atoms with van der Waals surface area (Å²) in [5, 5.41) is 10.1. The molecule has 84 valence electrons. The van der Waals surface area contributed by atoms with E-state index in [1.54, 1.807) is 19.5 Å². The normalized spacial score (nSPS) is 10.1. The van der Waals surface area contributed by atoms with Crippen LogP contribution in [0.2, 0.25) is 0 Å². The second-order valence-electron chi connectivity index (χ2n) is 3.43. The number of methoxy groups -OCH3 is 1. The number of nitrogens with one attached hydrogen (secondary N) is 2. The van der Waals surface area contributed by atoms with Crippen molar-refractivity contribution in [1.82, 2.24) is 15.2 Å². The van der Waals surface area contributed by atoms with Gasteiger partial charge < -0.3 is 10.1 Å². The molecule has 5 heteroatoms. The molecule has 0 aliphatic heterocycles. The van der Waals surface area contributed by atoms with Crippen molar-refractivity contribution < 1.29 is 4.74 Å². The minimum atomic E-state index is 0.676. The average molecular weight is 218 g/mol. The fourth-order valence-electron chi connectivity index (χ4n) is 1.42. The van der Waals surface area contributed by atoms with Crippen LogP contribution in [0.5, 0.6) is 5.75 Å². The summed E-state index contributed by atoms with van der Waals surface area (Å²) in [7, 11) is 1.63. The third-order valence-corrected chi connectivity index (χ3v) is 2.37. The third kappa shape index (κ3) is 2.13. The molecule has 5 nitrogen and oxygen atoms in total. The number of anilines is 1. The number of aromatic nitrogens is 3. The lowest BCUT2D eigenvalue weighted by atomic mass is 10.2. The van der Waals surface area contributed by atoms with Crippen molar-refractivity contribution >= 4 is 5.82 Å². The molecule has 2 aromatic rings. The molecule has 0 saturated heterocycles. The zero-order valence-corrected chi connectivity index (χ0v) is 9.32. The van der Waals surface area contributed by atoms with Gasteiger partial charge in [-0.2, -0.15) is 5.10 Å². The van der Waals surface area contributed by atoms with Gasteiger partial charge in [-0.15, -0.1) is 0 Å². The molecule has 0 spiro atoms. The van der Waals surface area contributed by atoms with E-state index in [1.807, 2.05) is 19.1 Å². The fraction of sp³-hybridized carbons (Fsp3) is 0.273. The Kier molecular flexibility index (Phi) is 3.05. The van der Waals surface area contributed by atoms with Crippen LogP contribution < -0.4 is 10.1 Å². The molecule has 0 unspecified atom stereocenters. The summed E-state index contributed by atoms with van der Waals surface area (Å²) in [6.45, 7) is 2.66. The van der Waals surface area contributed by atoms with Crippen LogP contribution in [-0.4, -0.2) is 22.3 Å². The van der Waals surface area contributed by atoms with Crippen LogP contribution in [0, 0.1) is 6.92 Å². The average Bonchev–Trinajstić information content (AvgIpc) is 2.72. The van der Waals surface area contributed by atoms with Gasteiger partial charge in [0.15, 0.2) is 11.6 Å². The largest absolute Gasteiger partial charge is 0.493 e. The van der Waals surface area contributed by atoms with E-state index in [2.05, 4.69) is 20.5 Å². The first-order valence-corrected chi connectivity index (χ1v) is 5.03. The third-order valence-electron chi connectivity index (χ3n) is 2.37. The number of H-pyrrole nitrogens is 1. The molecular formula is C11H14N4O. The van der Waals surface area contributed by atoms with Crippen LogP contribution >= 0.6 is 0 Å². The molecule has 0 saturated carbocycles. The van der Waals surface area contributed by atoms with E-state index in [-0.39, 0.29) is 0 Å². The molecule has 0 radical (unpaired) electrons. The van der Waals surface area contributed by atoms with Gasteiger partial charge in [0, 0.05) is 24.0 Å². The van der Waals surface area contributed by atoms with Gasteiger partial charge in [0.25, 0.3) is 0 Å². The van der Waals surface area contributed by atoms with E-state index in [9.17, 15) is 0 Å². The molecule has 2 heterocycles. The molecule has 0 aliphatic carbocycles. The molecule has 0 bridgehead atoms. The Morgan fingerprint density at radius 2 is 2.38 bits per heavy atom. The Hall–Kier alpha value is -2.04. The van der Waals surface area contributed by atoms with E-state index in [4.69, 9.17) is 4.74 Å². The van der Waals surface area contributed by atoms with Crippen molar-refractivity contribution in [2.45, 2.75) is 13.5 Å². The maximum Gasteiger partial charge on any atom is 0.169 e. The Bertz CT molecular complexity index is 467. The van der Waals surface area contributed by atoms with Crippen LogP contribution in [0.25, 0.3) is 0 Å². The van der Waals surface area contributed by atoms with Gasteiger partial charge in [0.1, 0.15) is 0 Å². The molecule has 2 rings (SSSR count). The zero-order chi connectivity index (χ0) is 11.4. The Morgan fingerprint density at radius 3 is 3.06 bits per heavy atom. The fourth-order valence-corrected chi connectivity index (χ4v) is 1.42. The van der Waals surface area contributed by atoms with Crippen molar-refractivity contribution in [3.63, 3.8) is 0 Å². The summed E-state index contributed by atoms with van der Waals surface area (Å²) >= 11 is 0. The first kappa shape index (κ1) is 10.5. The van der Waals surface area contributed by atoms with Crippen molar-refractivity contribution in [3.8, 4) is 5.75 Å². The Balaban J connectivity index is 2.07. The molecule has 2 aromatic heterocycles. The summed E-state index contributed by atoms with van der Waals surface area (Å²) in [6, 6.07) is 3.71. The molecule has 0 fully saturated rings. The Labute approximate surface area is 93.9 Å². The van der Waals surface area contributed by atoms with E-state index >= 15 is 0 Å². The monoisotopic (exact) mass is 218 g/mol. The topological polar surface area (TPSA) is 62.8 Å². The molecule has 0 aliphatic rings. The second-order valence-corrected chi connectivity index (χ2v) is 3.43. The molecule has 16 heavy (non-hydrogen) atoms. The highest BCUT2D eigenvalue weighted by molar-refractivity contribution is 5.49. The highest BCUT2D eigenvalue weighted by Gasteiger charge is 2.04. The SMILES string of the molecule is COc1cccnc1NCc1cn[nH]c1C. The van der Waals surface area contributed by atoms with Gasteiger partial charge in [-0.3, -0.25) is 5.10 Å². The first-order valence-electron chi connectivity index (χ1n) is 5.03. The predicted molar refractivity (Wildman–Crippen MR) is 61.4 cm³/mol. The summed E-state index contributed by atoms with van der Waals surface area (Å²) in [5.41, 5.74) is 2.18. The van der Waals surface area contributed by atoms with Crippen LogP contribution in [0.1, 0.15) is 11.3 Å². The predicted octanol–water partition coefficient (Wildman–Crippen LogP) is 1.73. The van der Waals surface area contributed by atoms with Gasteiger partial charge in [0.05, 0.1) is 13.3 Å². The second kappa shape index (κ2) is 4.65. The lowest BCUT2D eigenvalue weighted by Crippen LogP contribution is -2.03. The van der Waals surface area contributed by atoms with E-state index in [1.165, 1.54) is 0 Å². The quantitative estimate of drug-likeness (QED) is 0.820. The number of ether oxygens (including phenoxy) is 1. The number of aryl methyl sites for hydroxylation is 1. The van der Waals surface area contributed by atoms with Gasteiger partial charge in [-0.1, -0.05) is 0 Å². The molecule has 0 amide bonds. The number of nitrogens with zero attached hydrogens (tertiary/aromatic N) is 2. The minimum Gasteiger partial charge on any atom is -0.493 e. The van der Waals surface area contributed by atoms with E-state index < -0.39 is 0 Å². The van der Waals surface area contributed by atoms with Crippen LogP contribution in [0.4, 0.5) is 5.82 Å². The lowest BCUT2D eigenvalue weighted by molar-refractivity contribution is 0.415. The van der Waals surface area contributed by atoms with Crippen LogP contribution in [0.15, 0.2) is 24.5 Å². The first-order chi connectivity index (χ1) is 7.81. The number of pyridine rings is 1. The number of rotatable bonds is 4. The maximum absolute atomic E-state index is 5.20. The van der Waals surface area contributed by atoms with Crippen molar-refractivity contribution in [1.29, 1.82) is 0 Å². The van der Waals surface area contributed by atoms with Crippen LogP contribution in [0.3, 0.4) is 0 Å². The molecule has 2 N–H and O–H groups in total. The smallest absolute Gasteiger partial charge is 0.169 e. The highest BCUT2D eigenvalue weighted by Crippen LogP contribution is 2.20. The highest BCUT2D eigenvalue weighted by atomic mass is 16.5. The maximum atomic E-state index is 5.20. The minimum absolute atomic E-state index is 0.676. The summed E-state index contributed by atoms with van der Waals surface area (Å²) in [5.74, 6) is 1.48. The van der Waals surface area contributed by atoms with Gasteiger partial charge >= 0.3 is 0 Å². The molecule has 0 aromatic carbocycles. The van der Waals surface area contributed by atoms with Gasteiger partial charge in [0.2, 0.25) is 0 Å².